The van der Waals surface area contributed by atoms with Gasteiger partial charge in [0.15, 0.2) is 6.10 Å². The maximum Gasteiger partial charge on any atom is 0.416 e. The van der Waals surface area contributed by atoms with Gasteiger partial charge in [-0.1, -0.05) is 12.1 Å². The van der Waals surface area contributed by atoms with E-state index < -0.39 is 29.7 Å². The first kappa shape index (κ1) is 18.3. The summed E-state index contributed by atoms with van der Waals surface area (Å²) in [7, 11) is 0. The molecule has 0 heterocycles. The number of halogens is 3. The van der Waals surface area contributed by atoms with E-state index in [2.05, 4.69) is 5.32 Å². The minimum absolute atomic E-state index is 0.0405. The van der Waals surface area contributed by atoms with Gasteiger partial charge in [-0.15, -0.1) is 0 Å². The summed E-state index contributed by atoms with van der Waals surface area (Å²) in [6, 6.07) is 9.44. The average molecular weight is 353 g/mol. The predicted octanol–water partition coefficient (Wildman–Crippen LogP) is 3.60. The van der Waals surface area contributed by atoms with Crippen LogP contribution in [-0.2, 0) is 15.7 Å². The number of alkyl halides is 3. The van der Waals surface area contributed by atoms with E-state index in [9.17, 15) is 27.9 Å². The Morgan fingerprint density at radius 1 is 1.12 bits per heavy atom. The van der Waals surface area contributed by atoms with Crippen LogP contribution in [0.15, 0.2) is 48.5 Å². The number of aromatic hydroxyl groups is 1. The molecule has 132 valence electrons. The molecule has 0 unspecified atom stereocenters. The molecule has 0 fully saturated rings. The zero-order valence-electron chi connectivity index (χ0n) is 13.0. The molecule has 0 aliphatic rings. The minimum Gasteiger partial charge on any atom is -0.508 e. The summed E-state index contributed by atoms with van der Waals surface area (Å²) in [5.74, 6) is -1.77. The first-order chi connectivity index (χ1) is 11.7. The van der Waals surface area contributed by atoms with Crippen molar-refractivity contribution < 1.29 is 32.6 Å². The molecule has 2 N–H and O–H groups in total. The van der Waals surface area contributed by atoms with E-state index in [-0.39, 0.29) is 17.0 Å². The van der Waals surface area contributed by atoms with Crippen LogP contribution in [0.2, 0.25) is 0 Å². The van der Waals surface area contributed by atoms with Crippen molar-refractivity contribution in [2.24, 2.45) is 0 Å². The normalized spacial score (nSPS) is 12.3. The molecule has 0 aliphatic heterocycles. The summed E-state index contributed by atoms with van der Waals surface area (Å²) >= 11 is 0. The van der Waals surface area contributed by atoms with Crippen LogP contribution >= 0.6 is 0 Å². The molecule has 2 aromatic carbocycles. The fraction of sp³-hybridized carbons (Fsp3) is 0.176. The van der Waals surface area contributed by atoms with E-state index in [0.717, 1.165) is 18.2 Å². The molecular formula is C17H14F3NO4. The van der Waals surface area contributed by atoms with Crippen LogP contribution in [0.4, 0.5) is 18.9 Å². The van der Waals surface area contributed by atoms with E-state index in [1.165, 1.54) is 37.3 Å². The van der Waals surface area contributed by atoms with Gasteiger partial charge >= 0.3 is 12.1 Å². The quantitative estimate of drug-likeness (QED) is 0.824. The number of phenolic OH excluding ortho intramolecular Hbond substituents is 1. The Balaban J connectivity index is 2.02. The Hall–Kier alpha value is -3.03. The van der Waals surface area contributed by atoms with Crippen molar-refractivity contribution in [1.82, 2.24) is 0 Å². The molecule has 2 rings (SSSR count). The van der Waals surface area contributed by atoms with Crippen molar-refractivity contribution in [3.05, 3.63) is 59.7 Å². The number of phenols is 1. The second-order valence-electron chi connectivity index (χ2n) is 5.17. The number of nitrogens with one attached hydrogen (secondary N) is 1. The van der Waals surface area contributed by atoms with Crippen molar-refractivity contribution in [2.45, 2.75) is 19.2 Å². The smallest absolute Gasteiger partial charge is 0.416 e. The van der Waals surface area contributed by atoms with E-state index in [1.54, 1.807) is 0 Å². The zero-order valence-corrected chi connectivity index (χ0v) is 13.0. The molecule has 0 aromatic heterocycles. The Kier molecular flexibility index (Phi) is 5.31. The van der Waals surface area contributed by atoms with Crippen LogP contribution in [0.5, 0.6) is 5.75 Å². The van der Waals surface area contributed by atoms with Gasteiger partial charge in [0.1, 0.15) is 5.75 Å². The lowest BCUT2D eigenvalue weighted by Gasteiger charge is -2.14. The molecule has 1 amide bonds. The molecular weight excluding hydrogens is 339 g/mol. The molecule has 0 aliphatic carbocycles. The first-order valence-electron chi connectivity index (χ1n) is 7.15. The Bertz CT molecular complexity index is 789. The second-order valence-corrected chi connectivity index (χ2v) is 5.17. The summed E-state index contributed by atoms with van der Waals surface area (Å²) in [6.45, 7) is 1.28. The Morgan fingerprint density at radius 2 is 1.80 bits per heavy atom. The van der Waals surface area contributed by atoms with Crippen LogP contribution in [0, 0.1) is 0 Å². The third kappa shape index (κ3) is 4.97. The highest BCUT2D eigenvalue weighted by Crippen LogP contribution is 2.30. The highest BCUT2D eigenvalue weighted by Gasteiger charge is 2.30. The highest BCUT2D eigenvalue weighted by molar-refractivity contribution is 5.97. The topological polar surface area (TPSA) is 75.6 Å². The number of carbonyl (C=O) groups excluding carboxylic acids is 2. The molecule has 0 saturated carbocycles. The Labute approximate surface area is 141 Å². The SMILES string of the molecule is C[C@@H](OC(=O)c1cccc(O)c1)C(=O)Nc1cccc(C(F)(F)F)c1. The summed E-state index contributed by atoms with van der Waals surface area (Å²) in [5.41, 5.74) is -0.937. The van der Waals surface area contributed by atoms with Gasteiger partial charge in [0, 0.05) is 5.69 Å². The van der Waals surface area contributed by atoms with Crippen LogP contribution in [0.3, 0.4) is 0 Å². The number of rotatable bonds is 4. The lowest BCUT2D eigenvalue weighted by atomic mass is 10.2. The van der Waals surface area contributed by atoms with Crippen LogP contribution in [0.25, 0.3) is 0 Å². The highest BCUT2D eigenvalue weighted by atomic mass is 19.4. The number of ether oxygens (including phenoxy) is 1. The molecule has 0 spiro atoms. The third-order valence-corrected chi connectivity index (χ3v) is 3.19. The maximum absolute atomic E-state index is 12.7. The zero-order chi connectivity index (χ0) is 18.6. The summed E-state index contributed by atoms with van der Waals surface area (Å²) in [6.07, 6.45) is -5.78. The van der Waals surface area contributed by atoms with Crippen molar-refractivity contribution >= 4 is 17.6 Å². The van der Waals surface area contributed by atoms with Gasteiger partial charge in [-0.3, -0.25) is 4.79 Å². The average Bonchev–Trinajstić information content (AvgIpc) is 2.54. The van der Waals surface area contributed by atoms with Gasteiger partial charge in [-0.25, -0.2) is 4.79 Å². The summed E-state index contributed by atoms with van der Waals surface area (Å²) < 4.78 is 42.9. The molecule has 25 heavy (non-hydrogen) atoms. The standard InChI is InChI=1S/C17H14F3NO4/c1-10(25-16(24)11-4-2-7-14(22)8-11)15(23)21-13-6-3-5-12(9-13)17(18,19)20/h2-10,22H,1H3,(H,21,23)/t10-/m1/s1. The fourth-order valence-corrected chi connectivity index (χ4v) is 1.93. The van der Waals surface area contributed by atoms with Gasteiger partial charge in [-0.2, -0.15) is 13.2 Å². The van der Waals surface area contributed by atoms with Crippen molar-refractivity contribution in [3.63, 3.8) is 0 Å². The predicted molar refractivity (Wildman–Crippen MR) is 83.1 cm³/mol. The maximum atomic E-state index is 12.7. The van der Waals surface area contributed by atoms with E-state index in [1.807, 2.05) is 0 Å². The lowest BCUT2D eigenvalue weighted by Crippen LogP contribution is -2.30. The molecule has 0 saturated heterocycles. The summed E-state index contributed by atoms with van der Waals surface area (Å²) in [4.78, 5) is 23.9. The van der Waals surface area contributed by atoms with Gasteiger partial charge in [0.05, 0.1) is 11.1 Å². The molecule has 8 heteroatoms. The number of amides is 1. The van der Waals surface area contributed by atoms with Crippen molar-refractivity contribution in [2.75, 3.05) is 5.32 Å². The van der Waals surface area contributed by atoms with E-state index in [4.69, 9.17) is 4.74 Å². The third-order valence-electron chi connectivity index (χ3n) is 3.19. The Morgan fingerprint density at radius 3 is 2.44 bits per heavy atom. The van der Waals surface area contributed by atoms with Crippen molar-refractivity contribution in [3.8, 4) is 5.75 Å². The fourth-order valence-electron chi connectivity index (χ4n) is 1.93. The van der Waals surface area contributed by atoms with Crippen LogP contribution in [0.1, 0.15) is 22.8 Å². The molecule has 1 atom stereocenters. The number of anilines is 1. The molecule has 0 bridgehead atoms. The monoisotopic (exact) mass is 353 g/mol. The van der Waals surface area contributed by atoms with Crippen LogP contribution < -0.4 is 5.32 Å². The van der Waals surface area contributed by atoms with Gasteiger partial charge in [-0.05, 0) is 43.3 Å². The van der Waals surface area contributed by atoms with Gasteiger partial charge < -0.3 is 15.2 Å². The number of carbonyl (C=O) groups is 2. The second kappa shape index (κ2) is 7.25. The van der Waals surface area contributed by atoms with E-state index in [0.29, 0.717) is 0 Å². The van der Waals surface area contributed by atoms with Crippen LogP contribution in [-0.4, -0.2) is 23.1 Å². The van der Waals surface area contributed by atoms with Gasteiger partial charge in [0.2, 0.25) is 0 Å². The lowest BCUT2D eigenvalue weighted by molar-refractivity contribution is -0.137. The minimum atomic E-state index is -4.53. The number of esters is 1. The first-order valence-corrected chi connectivity index (χ1v) is 7.15. The molecule has 2 aromatic rings. The molecule has 5 nitrogen and oxygen atoms in total. The number of benzene rings is 2. The number of hydrogen-bond donors (Lipinski definition) is 2. The summed E-state index contributed by atoms with van der Waals surface area (Å²) in [5, 5.41) is 11.6. The largest absolute Gasteiger partial charge is 0.508 e. The van der Waals surface area contributed by atoms with E-state index >= 15 is 0 Å². The van der Waals surface area contributed by atoms with Crippen molar-refractivity contribution in [1.29, 1.82) is 0 Å². The van der Waals surface area contributed by atoms with Gasteiger partial charge in [0.25, 0.3) is 5.91 Å². The number of hydrogen-bond acceptors (Lipinski definition) is 4. The molecule has 0 radical (unpaired) electrons.